The summed E-state index contributed by atoms with van der Waals surface area (Å²) < 4.78 is 12.4. The van der Waals surface area contributed by atoms with Gasteiger partial charge in [-0.1, -0.05) is 12.1 Å². The highest BCUT2D eigenvalue weighted by molar-refractivity contribution is 7.10. The molecule has 0 saturated carbocycles. The van der Waals surface area contributed by atoms with Gasteiger partial charge in [-0.05, 0) is 29.6 Å². The molecule has 1 unspecified atom stereocenters. The second kappa shape index (κ2) is 7.85. The number of thiophene rings is 1. The van der Waals surface area contributed by atoms with Gasteiger partial charge in [0.1, 0.15) is 23.1 Å². The van der Waals surface area contributed by atoms with E-state index in [1.807, 2.05) is 34.5 Å². The van der Waals surface area contributed by atoms with Crippen LogP contribution in [-0.4, -0.2) is 36.5 Å². The zero-order chi connectivity index (χ0) is 17.6. The average molecular weight is 357 g/mol. The molecule has 0 fully saturated rings. The fourth-order valence-corrected chi connectivity index (χ4v) is 3.44. The first kappa shape index (κ1) is 17.0. The molecule has 0 aliphatic heterocycles. The van der Waals surface area contributed by atoms with E-state index in [1.54, 1.807) is 35.7 Å². The van der Waals surface area contributed by atoms with Gasteiger partial charge in [0.15, 0.2) is 0 Å². The molecule has 0 saturated heterocycles. The Bertz CT molecular complexity index is 760. The molecule has 25 heavy (non-hydrogen) atoms. The van der Waals surface area contributed by atoms with Crippen molar-refractivity contribution in [1.82, 2.24) is 15.1 Å². The third kappa shape index (κ3) is 3.66. The summed E-state index contributed by atoms with van der Waals surface area (Å²) >= 11 is 1.63. The van der Waals surface area contributed by atoms with Crippen LogP contribution in [0.5, 0.6) is 11.5 Å². The molecule has 7 heteroatoms. The van der Waals surface area contributed by atoms with Gasteiger partial charge >= 0.3 is 0 Å². The van der Waals surface area contributed by atoms with Gasteiger partial charge in [-0.3, -0.25) is 9.48 Å². The number of nitrogens with one attached hydrogen (secondary N) is 1. The van der Waals surface area contributed by atoms with Crippen LogP contribution in [0.2, 0.25) is 0 Å². The lowest BCUT2D eigenvalue weighted by Gasteiger charge is -2.18. The van der Waals surface area contributed by atoms with E-state index in [0.717, 1.165) is 4.88 Å². The van der Waals surface area contributed by atoms with Crippen molar-refractivity contribution >= 4 is 17.2 Å². The minimum atomic E-state index is -0.247. The van der Waals surface area contributed by atoms with Gasteiger partial charge in [0.25, 0.3) is 5.91 Å². The third-order valence-electron chi connectivity index (χ3n) is 3.83. The Balaban J connectivity index is 1.81. The number of carbonyl (C=O) groups excluding carboxylic acids is 1. The van der Waals surface area contributed by atoms with Crippen LogP contribution in [0.4, 0.5) is 0 Å². The smallest absolute Gasteiger partial charge is 0.258 e. The number of hydrogen-bond donors (Lipinski definition) is 1. The molecule has 3 aromatic rings. The predicted octanol–water partition coefficient (Wildman–Crippen LogP) is 2.98. The summed E-state index contributed by atoms with van der Waals surface area (Å²) in [7, 11) is 3.06. The van der Waals surface area contributed by atoms with Crippen LogP contribution in [0.15, 0.2) is 54.2 Å². The van der Waals surface area contributed by atoms with Gasteiger partial charge in [-0.15, -0.1) is 11.3 Å². The van der Waals surface area contributed by atoms with Crippen LogP contribution in [0, 0.1) is 0 Å². The Labute approximate surface area is 150 Å². The van der Waals surface area contributed by atoms with Gasteiger partial charge in [0, 0.05) is 23.8 Å². The largest absolute Gasteiger partial charge is 0.496 e. The Morgan fingerprint density at radius 1 is 1.20 bits per heavy atom. The van der Waals surface area contributed by atoms with Crippen LogP contribution in [-0.2, 0) is 0 Å². The summed E-state index contributed by atoms with van der Waals surface area (Å²) in [5.74, 6) is 0.704. The van der Waals surface area contributed by atoms with Crippen LogP contribution >= 0.6 is 11.3 Å². The van der Waals surface area contributed by atoms with E-state index >= 15 is 0 Å². The number of hydrogen-bond acceptors (Lipinski definition) is 5. The molecule has 3 rings (SSSR count). The van der Waals surface area contributed by atoms with Crippen molar-refractivity contribution in [2.24, 2.45) is 0 Å². The number of methoxy groups -OCH3 is 2. The molecule has 1 amide bonds. The summed E-state index contributed by atoms with van der Waals surface area (Å²) in [5, 5.41) is 9.30. The van der Waals surface area contributed by atoms with Gasteiger partial charge < -0.3 is 14.8 Å². The lowest BCUT2D eigenvalue weighted by molar-refractivity contribution is 0.0943. The second-order valence-electron chi connectivity index (χ2n) is 5.26. The first-order valence-electron chi connectivity index (χ1n) is 7.76. The quantitative estimate of drug-likeness (QED) is 0.706. The van der Waals surface area contributed by atoms with Crippen molar-refractivity contribution in [1.29, 1.82) is 0 Å². The molecule has 2 heterocycles. The molecule has 0 aliphatic rings. The van der Waals surface area contributed by atoms with Gasteiger partial charge in [0.05, 0.1) is 14.2 Å². The minimum Gasteiger partial charge on any atom is -0.496 e. The topological polar surface area (TPSA) is 65.4 Å². The summed E-state index contributed by atoms with van der Waals surface area (Å²) in [6, 6.07) is 11.1. The van der Waals surface area contributed by atoms with Crippen molar-refractivity contribution in [3.8, 4) is 11.5 Å². The number of amides is 1. The van der Waals surface area contributed by atoms with E-state index < -0.39 is 0 Å². The highest BCUT2D eigenvalue weighted by Crippen LogP contribution is 2.28. The maximum atomic E-state index is 12.8. The average Bonchev–Trinajstić information content (AvgIpc) is 3.35. The van der Waals surface area contributed by atoms with Crippen molar-refractivity contribution in [2.75, 3.05) is 20.8 Å². The van der Waals surface area contributed by atoms with Gasteiger partial charge in [-0.2, -0.15) is 5.10 Å². The first-order chi connectivity index (χ1) is 12.2. The SMILES string of the molecule is COc1cccc(OC)c1C(=O)NCC(c1cccs1)n1cccn1. The molecule has 130 valence electrons. The number of rotatable bonds is 7. The van der Waals surface area contributed by atoms with E-state index in [0.29, 0.717) is 23.6 Å². The van der Waals surface area contributed by atoms with Crippen molar-refractivity contribution in [3.05, 3.63) is 64.6 Å². The minimum absolute atomic E-state index is 0.0698. The number of carbonyl (C=O) groups is 1. The van der Waals surface area contributed by atoms with Crippen LogP contribution in [0.1, 0.15) is 21.3 Å². The van der Waals surface area contributed by atoms with Crippen LogP contribution < -0.4 is 14.8 Å². The number of ether oxygens (including phenoxy) is 2. The molecule has 0 aliphatic carbocycles. The predicted molar refractivity (Wildman–Crippen MR) is 96.6 cm³/mol. The van der Waals surface area contributed by atoms with E-state index in [2.05, 4.69) is 10.4 Å². The maximum absolute atomic E-state index is 12.8. The molecule has 1 aromatic carbocycles. The molecule has 1 N–H and O–H groups in total. The Kier molecular flexibility index (Phi) is 5.35. The molecular formula is C18H19N3O3S. The van der Waals surface area contributed by atoms with E-state index in [9.17, 15) is 4.79 Å². The fourth-order valence-electron chi connectivity index (χ4n) is 2.62. The Hall–Kier alpha value is -2.80. The molecule has 0 bridgehead atoms. The number of benzene rings is 1. The number of aromatic nitrogens is 2. The molecular weight excluding hydrogens is 338 g/mol. The summed E-state index contributed by atoms with van der Waals surface area (Å²) in [5.41, 5.74) is 0.387. The van der Waals surface area contributed by atoms with E-state index in [4.69, 9.17) is 9.47 Å². The summed E-state index contributed by atoms with van der Waals surface area (Å²) in [6.45, 7) is 0.405. The van der Waals surface area contributed by atoms with Gasteiger partial charge in [-0.25, -0.2) is 0 Å². The molecule has 0 spiro atoms. The van der Waals surface area contributed by atoms with Crippen molar-refractivity contribution in [3.63, 3.8) is 0 Å². The van der Waals surface area contributed by atoms with Gasteiger partial charge in [0.2, 0.25) is 0 Å². The fraction of sp³-hybridized carbons (Fsp3) is 0.222. The molecule has 1 atom stereocenters. The third-order valence-corrected chi connectivity index (χ3v) is 4.80. The highest BCUT2D eigenvalue weighted by atomic mass is 32.1. The lowest BCUT2D eigenvalue weighted by Crippen LogP contribution is -2.31. The highest BCUT2D eigenvalue weighted by Gasteiger charge is 2.21. The van der Waals surface area contributed by atoms with Crippen LogP contribution in [0.25, 0.3) is 0 Å². The number of nitrogens with zero attached hydrogens (tertiary/aromatic N) is 2. The Morgan fingerprint density at radius 3 is 2.52 bits per heavy atom. The lowest BCUT2D eigenvalue weighted by atomic mass is 10.1. The monoisotopic (exact) mass is 357 g/mol. The van der Waals surface area contributed by atoms with E-state index in [1.165, 1.54) is 14.2 Å². The standard InChI is InChI=1S/C18H19N3O3S/c1-23-14-6-3-7-15(24-2)17(14)18(22)19-12-13(16-8-4-11-25-16)21-10-5-9-20-21/h3-11,13H,12H2,1-2H3,(H,19,22). The second-order valence-corrected chi connectivity index (χ2v) is 6.24. The zero-order valence-electron chi connectivity index (χ0n) is 14.0. The maximum Gasteiger partial charge on any atom is 0.258 e. The molecule has 6 nitrogen and oxygen atoms in total. The van der Waals surface area contributed by atoms with E-state index in [-0.39, 0.29) is 11.9 Å². The summed E-state index contributed by atoms with van der Waals surface area (Å²) in [4.78, 5) is 13.9. The zero-order valence-corrected chi connectivity index (χ0v) is 14.8. The molecule has 0 radical (unpaired) electrons. The Morgan fingerprint density at radius 2 is 1.96 bits per heavy atom. The first-order valence-corrected chi connectivity index (χ1v) is 8.64. The van der Waals surface area contributed by atoms with Crippen LogP contribution in [0.3, 0.4) is 0 Å². The molecule has 2 aromatic heterocycles. The normalized spacial score (nSPS) is 11.8. The van der Waals surface area contributed by atoms with Crippen molar-refractivity contribution in [2.45, 2.75) is 6.04 Å². The van der Waals surface area contributed by atoms with Crippen molar-refractivity contribution < 1.29 is 14.3 Å². The summed E-state index contributed by atoms with van der Waals surface area (Å²) in [6.07, 6.45) is 3.62.